The van der Waals surface area contributed by atoms with Gasteiger partial charge in [0.2, 0.25) is 11.8 Å². The lowest BCUT2D eigenvalue weighted by Gasteiger charge is -2.12. The molecule has 0 unspecified atom stereocenters. The van der Waals surface area contributed by atoms with Gasteiger partial charge in [0.05, 0.1) is 6.21 Å². The molecule has 4 rings (SSSR count). The topological polar surface area (TPSA) is 79.8 Å². The third-order valence-corrected chi connectivity index (χ3v) is 5.87. The van der Waals surface area contributed by atoms with Crippen molar-refractivity contribution in [2.75, 3.05) is 5.32 Å². The van der Waals surface area contributed by atoms with Gasteiger partial charge >= 0.3 is 0 Å². The number of para-hydroxylation sites is 1. The molecule has 0 aliphatic rings. The van der Waals surface area contributed by atoms with E-state index < -0.39 is 11.8 Å². The summed E-state index contributed by atoms with van der Waals surface area (Å²) in [4.78, 5) is 24.7. The lowest BCUT2D eigenvalue weighted by Crippen LogP contribution is -2.25. The first-order valence-corrected chi connectivity index (χ1v) is 12.0. The Balaban J connectivity index is 1.44. The number of nitrogens with zero attached hydrogens (tertiary/aromatic N) is 1. The van der Waals surface area contributed by atoms with Crippen molar-refractivity contribution in [2.24, 2.45) is 5.10 Å². The van der Waals surface area contributed by atoms with Crippen LogP contribution in [0.15, 0.2) is 90.0 Å². The third kappa shape index (κ3) is 6.49. The van der Waals surface area contributed by atoms with E-state index in [4.69, 9.17) is 16.3 Å². The first-order chi connectivity index (χ1) is 17.5. The highest BCUT2D eigenvalue weighted by molar-refractivity contribution is 6.30. The highest BCUT2D eigenvalue weighted by Gasteiger charge is 2.12. The van der Waals surface area contributed by atoms with E-state index in [2.05, 4.69) is 15.8 Å². The third-order valence-electron chi connectivity index (χ3n) is 5.61. The van der Waals surface area contributed by atoms with E-state index in [1.807, 2.05) is 91.9 Å². The summed E-state index contributed by atoms with van der Waals surface area (Å²) in [5.74, 6) is -0.294. The molecule has 6 nitrogen and oxygen atoms in total. The normalized spacial score (nSPS) is 10.9. The zero-order chi connectivity index (χ0) is 25.3. The highest BCUT2D eigenvalue weighted by Crippen LogP contribution is 2.27. The summed E-state index contributed by atoms with van der Waals surface area (Å²) in [6, 6.07) is 26.6. The van der Waals surface area contributed by atoms with Gasteiger partial charge in [-0.2, -0.15) is 5.10 Å². The summed E-state index contributed by atoms with van der Waals surface area (Å²) < 4.78 is 6.07. The first kappa shape index (κ1) is 24.9. The number of hydrogen-bond donors (Lipinski definition) is 2. The molecule has 7 heteroatoms. The van der Waals surface area contributed by atoms with Crippen LogP contribution in [0.25, 0.3) is 10.8 Å². The van der Waals surface area contributed by atoms with Gasteiger partial charge in [-0.15, -0.1) is 0 Å². The smallest absolute Gasteiger partial charge is 0.249 e. The molecule has 36 heavy (non-hydrogen) atoms. The SMILES string of the molecule is CCc1ccccc1NC(=O)CC(=O)NN=Cc1c(OCc2ccc(Cl)cc2)ccc2ccccc12. The lowest BCUT2D eigenvalue weighted by molar-refractivity contribution is -0.126. The van der Waals surface area contributed by atoms with Gasteiger partial charge in [0.15, 0.2) is 0 Å². The Morgan fingerprint density at radius 3 is 2.47 bits per heavy atom. The Labute approximate surface area is 214 Å². The Morgan fingerprint density at radius 1 is 0.917 bits per heavy atom. The van der Waals surface area contributed by atoms with Crippen molar-refractivity contribution in [3.05, 3.63) is 107 Å². The first-order valence-electron chi connectivity index (χ1n) is 11.6. The number of carbonyl (C=O) groups excluding carboxylic acids is 2. The van der Waals surface area contributed by atoms with E-state index in [0.29, 0.717) is 23.1 Å². The van der Waals surface area contributed by atoms with Gasteiger partial charge in [0.1, 0.15) is 18.8 Å². The van der Waals surface area contributed by atoms with Gasteiger partial charge in [-0.3, -0.25) is 9.59 Å². The van der Waals surface area contributed by atoms with E-state index in [1.165, 1.54) is 0 Å². The molecular formula is C29H26ClN3O3. The second kappa shape index (κ2) is 12.0. The Bertz CT molecular complexity index is 1400. The average Bonchev–Trinajstić information content (AvgIpc) is 2.89. The van der Waals surface area contributed by atoms with Crippen LogP contribution in [0.2, 0.25) is 5.02 Å². The van der Waals surface area contributed by atoms with Crippen LogP contribution in [-0.4, -0.2) is 18.0 Å². The predicted molar refractivity (Wildman–Crippen MR) is 145 cm³/mol. The van der Waals surface area contributed by atoms with Gasteiger partial charge in [-0.25, -0.2) is 5.43 Å². The number of aryl methyl sites for hydroxylation is 1. The summed E-state index contributed by atoms with van der Waals surface area (Å²) in [5.41, 5.74) is 5.86. The van der Waals surface area contributed by atoms with Crippen LogP contribution < -0.4 is 15.5 Å². The second-order valence-corrected chi connectivity index (χ2v) is 8.58. The van der Waals surface area contributed by atoms with Crippen LogP contribution in [0.4, 0.5) is 5.69 Å². The summed E-state index contributed by atoms with van der Waals surface area (Å²) >= 11 is 5.97. The molecule has 0 atom stereocenters. The van der Waals surface area contributed by atoms with Crippen molar-refractivity contribution in [1.29, 1.82) is 0 Å². The van der Waals surface area contributed by atoms with E-state index in [9.17, 15) is 9.59 Å². The number of anilines is 1. The number of benzene rings is 4. The minimum Gasteiger partial charge on any atom is -0.488 e. The fourth-order valence-corrected chi connectivity index (χ4v) is 3.90. The van der Waals surface area contributed by atoms with E-state index in [-0.39, 0.29) is 6.42 Å². The van der Waals surface area contributed by atoms with Crippen molar-refractivity contribution in [3.63, 3.8) is 0 Å². The molecule has 0 fully saturated rings. The molecule has 0 aromatic heterocycles. The highest BCUT2D eigenvalue weighted by atomic mass is 35.5. The average molecular weight is 500 g/mol. The summed E-state index contributed by atoms with van der Waals surface area (Å²) in [6.45, 7) is 2.36. The molecule has 0 spiro atoms. The van der Waals surface area contributed by atoms with Gasteiger partial charge in [0, 0.05) is 16.3 Å². The molecular weight excluding hydrogens is 474 g/mol. The summed E-state index contributed by atoms with van der Waals surface area (Å²) in [7, 11) is 0. The molecule has 0 bridgehead atoms. The number of fused-ring (bicyclic) bond motifs is 1. The Morgan fingerprint density at radius 2 is 1.67 bits per heavy atom. The second-order valence-electron chi connectivity index (χ2n) is 8.14. The fraction of sp³-hybridized carbons (Fsp3) is 0.138. The number of amides is 2. The number of hydrogen-bond acceptors (Lipinski definition) is 4. The number of halogens is 1. The maximum atomic E-state index is 12.3. The van der Waals surface area contributed by atoms with Crippen molar-refractivity contribution in [2.45, 2.75) is 26.4 Å². The number of ether oxygens (including phenoxy) is 1. The van der Waals surface area contributed by atoms with Crippen LogP contribution in [0.1, 0.15) is 30.0 Å². The van der Waals surface area contributed by atoms with Crippen molar-refractivity contribution in [1.82, 2.24) is 5.43 Å². The molecule has 182 valence electrons. The standard InChI is InChI=1S/C29H26ClN3O3/c1-2-21-7-4-6-10-26(21)32-28(34)17-29(35)33-31-18-25-24-9-5-3-8-22(24)13-16-27(25)36-19-20-11-14-23(30)15-12-20/h3-16,18H,2,17,19H2,1H3,(H,32,34)(H,33,35). The van der Waals surface area contributed by atoms with E-state index in [1.54, 1.807) is 6.21 Å². The van der Waals surface area contributed by atoms with Crippen LogP contribution >= 0.6 is 11.6 Å². The molecule has 2 amide bonds. The quantitative estimate of drug-likeness (QED) is 0.165. The van der Waals surface area contributed by atoms with Crippen LogP contribution in [0, 0.1) is 0 Å². The number of nitrogens with one attached hydrogen (secondary N) is 2. The molecule has 0 aliphatic carbocycles. The molecule has 0 heterocycles. The maximum absolute atomic E-state index is 12.3. The minimum atomic E-state index is -0.512. The van der Waals surface area contributed by atoms with E-state index >= 15 is 0 Å². The van der Waals surface area contributed by atoms with E-state index in [0.717, 1.165) is 33.9 Å². The predicted octanol–water partition coefficient (Wildman–Crippen LogP) is 6.11. The summed E-state index contributed by atoms with van der Waals surface area (Å²) in [6.07, 6.45) is 1.98. The summed E-state index contributed by atoms with van der Waals surface area (Å²) in [5, 5.41) is 9.50. The Hall–Kier alpha value is -4.16. The number of carbonyl (C=O) groups is 2. The number of rotatable bonds is 9. The van der Waals surface area contributed by atoms with Crippen LogP contribution in [0.5, 0.6) is 5.75 Å². The molecule has 0 radical (unpaired) electrons. The van der Waals surface area contributed by atoms with Crippen molar-refractivity contribution >= 4 is 46.1 Å². The van der Waals surface area contributed by atoms with Gasteiger partial charge in [-0.05, 0) is 52.6 Å². The molecule has 2 N–H and O–H groups in total. The zero-order valence-electron chi connectivity index (χ0n) is 19.8. The molecule has 0 saturated carbocycles. The van der Waals surface area contributed by atoms with Crippen molar-refractivity contribution in [3.8, 4) is 5.75 Å². The zero-order valence-corrected chi connectivity index (χ0v) is 20.6. The van der Waals surface area contributed by atoms with Crippen LogP contribution in [0.3, 0.4) is 0 Å². The van der Waals surface area contributed by atoms with Crippen LogP contribution in [-0.2, 0) is 22.6 Å². The van der Waals surface area contributed by atoms with Gasteiger partial charge in [0.25, 0.3) is 0 Å². The molecule has 0 saturated heterocycles. The largest absolute Gasteiger partial charge is 0.488 e. The lowest BCUT2D eigenvalue weighted by atomic mass is 10.0. The molecule has 0 aliphatic heterocycles. The number of hydrazone groups is 1. The molecule has 4 aromatic rings. The monoisotopic (exact) mass is 499 g/mol. The fourth-order valence-electron chi connectivity index (χ4n) is 3.78. The Kier molecular flexibility index (Phi) is 8.32. The van der Waals surface area contributed by atoms with Gasteiger partial charge < -0.3 is 10.1 Å². The maximum Gasteiger partial charge on any atom is 0.249 e. The molecule has 4 aromatic carbocycles. The van der Waals surface area contributed by atoms with Gasteiger partial charge in [-0.1, -0.05) is 79.2 Å². The minimum absolute atomic E-state index is 0.342. The van der Waals surface area contributed by atoms with Crippen molar-refractivity contribution < 1.29 is 14.3 Å².